The van der Waals surface area contributed by atoms with E-state index in [2.05, 4.69) is 10.0 Å². The molecule has 5 rings (SSSR count). The molecule has 1 aromatic rings. The zero-order valence-electron chi connectivity index (χ0n) is 46.9. The Bertz CT molecular complexity index is 2310. The number of fused-ring (bicyclic) bond motifs is 3. The number of rotatable bonds is 12. The van der Waals surface area contributed by atoms with Gasteiger partial charge in [0.2, 0.25) is 5.79 Å². The van der Waals surface area contributed by atoms with Crippen LogP contribution in [0, 0.1) is 29.6 Å². The van der Waals surface area contributed by atoms with E-state index in [4.69, 9.17) is 39.7 Å². The number of piperidine rings is 1. The second kappa shape index (κ2) is 30.5. The van der Waals surface area contributed by atoms with Gasteiger partial charge >= 0.3 is 5.97 Å². The maximum atomic E-state index is 14.6. The molecule has 15 atom stereocenters. The summed E-state index contributed by atoms with van der Waals surface area (Å²) < 4.78 is 36.2. The number of carbonyl (C=O) groups excluding carboxylic acids is 5. The van der Waals surface area contributed by atoms with Crippen LogP contribution in [-0.2, 0) is 58.8 Å². The Kier molecular flexibility index (Phi) is 24.9. The number of hydrogen-bond donors (Lipinski definition) is 3. The van der Waals surface area contributed by atoms with Crippen LogP contribution in [0.2, 0.25) is 0 Å². The average molecular weight is 1070 g/mol. The van der Waals surface area contributed by atoms with Crippen LogP contribution in [-0.4, -0.2) is 139 Å². The SMILES string of the molecule is CO[C@H]1C[C@@H]2CC[C@@H](C)[C@@](O)(O2)C(=O)C(=O)N2CCCC[C@H]2C(=O)O[C@H]([C@H](N)C[C@@H]2CC[C@@H](OCCCc3ccc(N=[N+]=[N-])cc3)[C@H](OC)C2)CC(=O)[C@H](C)/C=C(\C)[C@@H](O)[C@@H](OC)C(=O)[C@H](C)C[C@H](C)/C=C/C=C/C=C/1C. The number of amides is 1. The van der Waals surface area contributed by atoms with Gasteiger partial charge in [0.1, 0.15) is 30.1 Å². The molecule has 4 aliphatic rings. The van der Waals surface area contributed by atoms with Gasteiger partial charge in [-0.3, -0.25) is 19.2 Å². The first-order valence-electron chi connectivity index (χ1n) is 27.7. The molecule has 1 saturated carbocycles. The normalized spacial score (nSPS) is 35.8. The molecule has 1 aliphatic carbocycles. The lowest BCUT2D eigenvalue weighted by Gasteiger charge is -2.42. The highest BCUT2D eigenvalue weighted by atomic mass is 16.6. The number of azide groups is 1. The summed E-state index contributed by atoms with van der Waals surface area (Å²) in [6, 6.07) is 5.37. The molecule has 0 unspecified atom stereocenters. The van der Waals surface area contributed by atoms with Crippen molar-refractivity contribution in [2.45, 2.75) is 192 Å². The quantitative estimate of drug-likeness (QED) is 0.0337. The number of aliphatic hydroxyl groups excluding tert-OH is 1. The minimum atomic E-state index is -2.46. The Morgan fingerprint density at radius 3 is 2.31 bits per heavy atom. The molecule has 426 valence electrons. The number of hydrogen-bond acceptors (Lipinski definition) is 15. The number of aryl methyl sites for hydroxylation is 1. The molecule has 4 N–H and O–H groups in total. The van der Waals surface area contributed by atoms with Gasteiger partial charge in [0.15, 0.2) is 5.78 Å². The number of ether oxygens (including phenoxy) is 6. The van der Waals surface area contributed by atoms with Crippen LogP contribution in [0.15, 0.2) is 77.0 Å². The summed E-state index contributed by atoms with van der Waals surface area (Å²) in [7, 11) is 4.59. The standard InChI is InChI=1S/C59H87N5O13/c1-36-16-11-10-12-17-37(2)50(72-7)34-45-26-20-41(6)59(71,77-45)56(68)57(69)64-28-14-13-19-47(64)58(70)76-51(35-48(65)38(3)31-40(5)54(67)55(74-9)53(66)39(4)30-36)46(60)32-43-23-27-49(52(33-43)73-8)75-29-15-18-42-21-24-44(25-22-42)62-63-61/h10-12,16-17,21-22,24-25,31,36,38-39,41,43,45-47,49-52,54-55,67,71H,13-15,18-20,23,26-30,32-35,60H2,1-9H3/b12-10+,16-11+,37-17+,40-31+/t36-,38-,39-,41-,43+,45+,46-,47+,49-,50+,51+,52-,54-,55+,59-/m1/s1. The van der Waals surface area contributed by atoms with Gasteiger partial charge in [0.25, 0.3) is 11.7 Å². The predicted octanol–water partition coefficient (Wildman–Crippen LogP) is 8.47. The van der Waals surface area contributed by atoms with Crippen molar-refractivity contribution in [3.8, 4) is 0 Å². The van der Waals surface area contributed by atoms with Gasteiger partial charge in [0.05, 0.1) is 24.4 Å². The van der Waals surface area contributed by atoms with Gasteiger partial charge in [-0.25, -0.2) is 4.79 Å². The maximum absolute atomic E-state index is 14.6. The predicted molar refractivity (Wildman–Crippen MR) is 291 cm³/mol. The van der Waals surface area contributed by atoms with Crippen molar-refractivity contribution in [3.05, 3.63) is 87.9 Å². The van der Waals surface area contributed by atoms with E-state index in [0.717, 1.165) is 35.3 Å². The van der Waals surface area contributed by atoms with Gasteiger partial charge in [-0.1, -0.05) is 93.5 Å². The molecule has 2 saturated heterocycles. The molecular formula is C59H87N5O13. The first-order chi connectivity index (χ1) is 36.7. The zero-order chi connectivity index (χ0) is 56.4. The van der Waals surface area contributed by atoms with Crippen molar-refractivity contribution in [2.24, 2.45) is 40.4 Å². The van der Waals surface area contributed by atoms with Crippen LogP contribution in [0.25, 0.3) is 10.4 Å². The smallest absolute Gasteiger partial charge is 0.329 e. The number of methoxy groups -OCH3 is 3. The molecule has 1 aromatic carbocycles. The number of nitrogens with two attached hydrogens (primary N) is 1. The van der Waals surface area contributed by atoms with Gasteiger partial charge in [-0.2, -0.15) is 0 Å². The summed E-state index contributed by atoms with van der Waals surface area (Å²) >= 11 is 0. The lowest BCUT2D eigenvalue weighted by Crippen LogP contribution is -2.61. The van der Waals surface area contributed by atoms with E-state index < -0.39 is 83.8 Å². The highest BCUT2D eigenvalue weighted by Crippen LogP contribution is 2.37. The number of esters is 1. The molecule has 0 spiro atoms. The number of carbonyl (C=O) groups is 5. The third kappa shape index (κ3) is 17.6. The topological polar surface area (TPSA) is 259 Å². The molecule has 3 heterocycles. The second-order valence-corrected chi connectivity index (χ2v) is 22.1. The molecule has 0 aromatic heterocycles. The number of ketones is 3. The Hall–Kier alpha value is -4.88. The van der Waals surface area contributed by atoms with Crippen LogP contribution < -0.4 is 5.73 Å². The Labute approximate surface area is 455 Å². The lowest BCUT2D eigenvalue weighted by molar-refractivity contribution is -0.265. The minimum Gasteiger partial charge on any atom is -0.459 e. The summed E-state index contributed by atoms with van der Waals surface area (Å²) in [5.74, 6) is -8.13. The molecule has 18 heteroatoms. The van der Waals surface area contributed by atoms with Crippen LogP contribution in [0.3, 0.4) is 0 Å². The molecular weight excluding hydrogens is 987 g/mol. The fourth-order valence-electron chi connectivity index (χ4n) is 11.4. The van der Waals surface area contributed by atoms with E-state index in [0.29, 0.717) is 75.7 Å². The van der Waals surface area contributed by atoms with E-state index in [-0.39, 0.29) is 55.0 Å². The summed E-state index contributed by atoms with van der Waals surface area (Å²) in [4.78, 5) is 75.4. The van der Waals surface area contributed by atoms with Gasteiger partial charge in [-0.15, -0.1) is 0 Å². The first kappa shape index (κ1) is 63.0. The van der Waals surface area contributed by atoms with Crippen molar-refractivity contribution >= 4 is 34.9 Å². The lowest BCUT2D eigenvalue weighted by atomic mass is 9.80. The van der Waals surface area contributed by atoms with Gasteiger partial charge < -0.3 is 49.3 Å². The minimum absolute atomic E-state index is 0.000640. The molecule has 18 nitrogen and oxygen atoms in total. The highest BCUT2D eigenvalue weighted by molar-refractivity contribution is 6.39. The molecule has 2 bridgehead atoms. The van der Waals surface area contributed by atoms with Crippen molar-refractivity contribution in [1.82, 2.24) is 4.90 Å². The zero-order valence-corrected chi connectivity index (χ0v) is 46.9. The van der Waals surface area contributed by atoms with E-state index in [1.807, 2.05) is 56.4 Å². The number of aliphatic hydroxyl groups is 2. The number of cyclic esters (lactones) is 1. The molecule has 3 fully saturated rings. The Morgan fingerprint density at radius 1 is 0.883 bits per heavy atom. The van der Waals surface area contributed by atoms with Crippen molar-refractivity contribution in [1.29, 1.82) is 0 Å². The van der Waals surface area contributed by atoms with Gasteiger partial charge in [0, 0.05) is 81.7 Å². The summed E-state index contributed by atoms with van der Waals surface area (Å²) in [6.45, 7) is 11.2. The average Bonchev–Trinajstić information content (AvgIpc) is 3.42. The van der Waals surface area contributed by atoms with Crippen molar-refractivity contribution < 1.29 is 62.6 Å². The van der Waals surface area contributed by atoms with Crippen LogP contribution in [0.5, 0.6) is 0 Å². The number of benzene rings is 1. The fourth-order valence-corrected chi connectivity index (χ4v) is 11.4. The van der Waals surface area contributed by atoms with Crippen molar-refractivity contribution in [3.63, 3.8) is 0 Å². The van der Waals surface area contributed by atoms with E-state index in [1.165, 1.54) is 7.11 Å². The highest BCUT2D eigenvalue weighted by Gasteiger charge is 2.53. The van der Waals surface area contributed by atoms with Crippen LogP contribution in [0.4, 0.5) is 5.69 Å². The van der Waals surface area contributed by atoms with E-state index in [1.54, 1.807) is 60.1 Å². The molecule has 77 heavy (non-hydrogen) atoms. The summed E-state index contributed by atoms with van der Waals surface area (Å²) in [6.07, 6.45) is 12.5. The fraction of sp³-hybridized carbons (Fsp3) is 0.678. The Morgan fingerprint density at radius 2 is 1.62 bits per heavy atom. The third-order valence-corrected chi connectivity index (χ3v) is 16.2. The molecule has 3 aliphatic heterocycles. The third-order valence-electron chi connectivity index (χ3n) is 16.2. The largest absolute Gasteiger partial charge is 0.459 e. The number of Topliss-reactive ketones (excluding diaryl/α,β-unsaturated/α-hetero) is 3. The van der Waals surface area contributed by atoms with E-state index in [9.17, 15) is 34.2 Å². The number of nitrogens with zero attached hydrogens (tertiary/aromatic N) is 4. The maximum Gasteiger partial charge on any atom is 0.329 e. The van der Waals surface area contributed by atoms with Crippen molar-refractivity contribution in [2.75, 3.05) is 34.5 Å². The van der Waals surface area contributed by atoms with Crippen LogP contribution >= 0.6 is 0 Å². The van der Waals surface area contributed by atoms with Gasteiger partial charge in [-0.05, 0) is 125 Å². The summed E-state index contributed by atoms with van der Waals surface area (Å²) in [5.41, 5.74) is 18.6. The van der Waals surface area contributed by atoms with Crippen LogP contribution in [0.1, 0.15) is 131 Å². The second-order valence-electron chi connectivity index (χ2n) is 22.1. The number of allylic oxidation sites excluding steroid dienone is 6. The van der Waals surface area contributed by atoms with E-state index >= 15 is 0 Å². The Balaban J connectivity index is 1.39. The monoisotopic (exact) mass is 1070 g/mol. The summed E-state index contributed by atoms with van der Waals surface area (Å²) in [5, 5.41) is 27.2. The first-order valence-corrected chi connectivity index (χ1v) is 27.7. The molecule has 0 radical (unpaired) electrons. The molecule has 1 amide bonds.